The highest BCUT2D eigenvalue weighted by atomic mass is 15.3. The van der Waals surface area contributed by atoms with Crippen LogP contribution in [-0.4, -0.2) is 25.9 Å². The molecule has 0 radical (unpaired) electrons. The van der Waals surface area contributed by atoms with Gasteiger partial charge in [-0.25, -0.2) is 4.98 Å². The van der Waals surface area contributed by atoms with E-state index in [-0.39, 0.29) is 0 Å². The summed E-state index contributed by atoms with van der Waals surface area (Å²) in [4.78, 5) is 4.32. The molecule has 3 aromatic rings. The Morgan fingerprint density at radius 3 is 2.85 bits per heavy atom. The molecule has 2 aromatic heterocycles. The Morgan fingerprint density at radius 2 is 2.05 bits per heavy atom. The van der Waals surface area contributed by atoms with E-state index in [2.05, 4.69) is 38.2 Å². The van der Waals surface area contributed by atoms with Gasteiger partial charge in [-0.05, 0) is 6.07 Å². The molecule has 104 valence electrons. The summed E-state index contributed by atoms with van der Waals surface area (Å²) in [6.07, 6.45) is 4.73. The number of benzene rings is 1. The molecule has 1 N–H and O–H groups in total. The fraction of sp³-hybridized carbons (Fsp3) is 0.333. The maximum atomic E-state index is 4.58. The topological polar surface area (TPSA) is 47.7 Å². The maximum Gasteiger partial charge on any atom is 0.109 e. The second kappa shape index (κ2) is 5.46. The van der Waals surface area contributed by atoms with Crippen LogP contribution in [0.4, 0.5) is 0 Å². The smallest absolute Gasteiger partial charge is 0.109 e. The van der Waals surface area contributed by atoms with Crippen molar-refractivity contribution >= 4 is 10.9 Å². The Hall–Kier alpha value is -2.14. The molecule has 0 aliphatic heterocycles. The Bertz CT molecular complexity index is 710. The predicted molar refractivity (Wildman–Crippen MR) is 79.3 cm³/mol. The molecule has 0 saturated heterocycles. The average molecular weight is 269 g/mol. The van der Waals surface area contributed by atoms with Crippen molar-refractivity contribution in [2.45, 2.75) is 13.0 Å². The van der Waals surface area contributed by atoms with Gasteiger partial charge in [0.1, 0.15) is 5.82 Å². The highest BCUT2D eigenvalue weighted by Gasteiger charge is 2.07. The van der Waals surface area contributed by atoms with E-state index in [9.17, 15) is 0 Å². The van der Waals surface area contributed by atoms with Crippen molar-refractivity contribution in [3.05, 3.63) is 48.2 Å². The van der Waals surface area contributed by atoms with Crippen LogP contribution in [0.1, 0.15) is 11.5 Å². The maximum absolute atomic E-state index is 4.58. The summed E-state index contributed by atoms with van der Waals surface area (Å²) < 4.78 is 3.99. The van der Waals surface area contributed by atoms with Crippen molar-refractivity contribution < 1.29 is 0 Å². The Balaban J connectivity index is 1.62. The zero-order chi connectivity index (χ0) is 13.9. The van der Waals surface area contributed by atoms with Gasteiger partial charge in [-0.3, -0.25) is 4.68 Å². The normalized spacial score (nSPS) is 11.3. The summed E-state index contributed by atoms with van der Waals surface area (Å²) in [5.41, 5.74) is 2.27. The van der Waals surface area contributed by atoms with Crippen LogP contribution in [0.25, 0.3) is 10.9 Å². The molecule has 0 bridgehead atoms. The first kappa shape index (κ1) is 12.9. The molecule has 0 fully saturated rings. The average Bonchev–Trinajstić information content (AvgIpc) is 3.00. The van der Waals surface area contributed by atoms with Crippen molar-refractivity contribution in [2.75, 3.05) is 6.54 Å². The van der Waals surface area contributed by atoms with Crippen LogP contribution < -0.4 is 5.32 Å². The number of hydrogen-bond acceptors (Lipinski definition) is 3. The summed E-state index contributed by atoms with van der Waals surface area (Å²) in [5.74, 6) is 1.10. The zero-order valence-electron chi connectivity index (χ0n) is 11.9. The molecule has 2 heterocycles. The molecule has 0 aliphatic carbocycles. The predicted octanol–water partition coefficient (Wildman–Crippen LogP) is 1.64. The van der Waals surface area contributed by atoms with Crippen molar-refractivity contribution in [3.8, 4) is 0 Å². The molecule has 3 rings (SSSR count). The second-order valence-corrected chi connectivity index (χ2v) is 4.97. The van der Waals surface area contributed by atoms with Crippen molar-refractivity contribution in [1.29, 1.82) is 0 Å². The molecule has 0 saturated carbocycles. The van der Waals surface area contributed by atoms with E-state index in [0.29, 0.717) is 0 Å². The van der Waals surface area contributed by atoms with Crippen LogP contribution in [0.3, 0.4) is 0 Å². The minimum atomic E-state index is 0.784. The summed E-state index contributed by atoms with van der Waals surface area (Å²) in [5, 5.41) is 9.24. The largest absolute Gasteiger partial charge is 0.338 e. The third-order valence-corrected chi connectivity index (χ3v) is 3.57. The van der Waals surface area contributed by atoms with Crippen molar-refractivity contribution in [1.82, 2.24) is 24.6 Å². The summed E-state index contributed by atoms with van der Waals surface area (Å²) >= 11 is 0. The molecule has 0 unspecified atom stereocenters. The number of nitrogens with one attached hydrogen (secondary N) is 1. The van der Waals surface area contributed by atoms with E-state index < -0.39 is 0 Å². The molecular weight excluding hydrogens is 250 g/mol. The van der Waals surface area contributed by atoms with Gasteiger partial charge in [-0.1, -0.05) is 18.2 Å². The van der Waals surface area contributed by atoms with Crippen LogP contribution >= 0.6 is 0 Å². The fourth-order valence-electron chi connectivity index (χ4n) is 2.46. The highest BCUT2D eigenvalue weighted by Crippen LogP contribution is 2.16. The van der Waals surface area contributed by atoms with Crippen molar-refractivity contribution in [3.63, 3.8) is 0 Å². The van der Waals surface area contributed by atoms with Gasteiger partial charge in [0.15, 0.2) is 0 Å². The standard InChI is InChI=1S/C15H19N5/c1-19-10-9-17-15(19)7-8-16-11-13-12-5-3-4-6-14(12)20(2)18-13/h3-6,9-10,16H,7-8,11H2,1-2H3. The summed E-state index contributed by atoms with van der Waals surface area (Å²) in [6.45, 7) is 1.68. The Labute approximate surface area is 118 Å². The SMILES string of the molecule is Cn1ccnc1CCNCc1nn(C)c2ccccc12. The first-order valence-corrected chi connectivity index (χ1v) is 6.83. The van der Waals surface area contributed by atoms with Crippen LogP contribution in [0.5, 0.6) is 0 Å². The lowest BCUT2D eigenvalue weighted by molar-refractivity contribution is 0.637. The number of para-hydroxylation sites is 1. The van der Waals surface area contributed by atoms with Gasteiger partial charge >= 0.3 is 0 Å². The first-order chi connectivity index (χ1) is 9.75. The lowest BCUT2D eigenvalue weighted by Gasteiger charge is -2.03. The van der Waals surface area contributed by atoms with Gasteiger partial charge in [-0.2, -0.15) is 5.10 Å². The van der Waals surface area contributed by atoms with E-state index in [1.54, 1.807) is 0 Å². The van der Waals surface area contributed by atoms with E-state index in [4.69, 9.17) is 0 Å². The highest BCUT2D eigenvalue weighted by molar-refractivity contribution is 5.81. The summed E-state index contributed by atoms with van der Waals surface area (Å²) in [6, 6.07) is 8.32. The molecule has 20 heavy (non-hydrogen) atoms. The molecule has 0 aliphatic rings. The first-order valence-electron chi connectivity index (χ1n) is 6.83. The minimum absolute atomic E-state index is 0.784. The van der Waals surface area contributed by atoms with Crippen LogP contribution in [0.15, 0.2) is 36.7 Å². The second-order valence-electron chi connectivity index (χ2n) is 4.97. The summed E-state index contributed by atoms with van der Waals surface area (Å²) in [7, 11) is 4.01. The van der Waals surface area contributed by atoms with Gasteiger partial charge in [0.2, 0.25) is 0 Å². The third kappa shape index (κ3) is 2.44. The number of nitrogens with zero attached hydrogens (tertiary/aromatic N) is 4. The lowest BCUT2D eigenvalue weighted by atomic mass is 10.2. The number of fused-ring (bicyclic) bond motifs is 1. The minimum Gasteiger partial charge on any atom is -0.338 e. The zero-order valence-corrected chi connectivity index (χ0v) is 11.9. The van der Waals surface area contributed by atoms with Crippen LogP contribution in [-0.2, 0) is 27.1 Å². The van der Waals surface area contributed by atoms with Crippen LogP contribution in [0.2, 0.25) is 0 Å². The molecule has 0 spiro atoms. The number of hydrogen-bond donors (Lipinski definition) is 1. The molecular formula is C15H19N5. The molecule has 0 atom stereocenters. The molecule has 1 aromatic carbocycles. The monoisotopic (exact) mass is 269 g/mol. The van der Waals surface area contributed by atoms with Gasteiger partial charge in [-0.15, -0.1) is 0 Å². The van der Waals surface area contributed by atoms with Gasteiger partial charge in [0.05, 0.1) is 11.2 Å². The van der Waals surface area contributed by atoms with Gasteiger partial charge in [0, 0.05) is 51.4 Å². The van der Waals surface area contributed by atoms with Crippen molar-refractivity contribution in [2.24, 2.45) is 14.1 Å². The fourth-order valence-corrected chi connectivity index (χ4v) is 2.46. The Kier molecular flexibility index (Phi) is 3.52. The number of imidazole rings is 1. The Morgan fingerprint density at radius 1 is 1.20 bits per heavy atom. The lowest BCUT2D eigenvalue weighted by Crippen LogP contribution is -2.18. The third-order valence-electron chi connectivity index (χ3n) is 3.57. The quantitative estimate of drug-likeness (QED) is 0.716. The number of rotatable bonds is 5. The van der Waals surface area contributed by atoms with E-state index >= 15 is 0 Å². The van der Waals surface area contributed by atoms with E-state index in [0.717, 1.165) is 31.0 Å². The molecule has 5 nitrogen and oxygen atoms in total. The van der Waals surface area contributed by atoms with Crippen LogP contribution in [0, 0.1) is 0 Å². The van der Waals surface area contributed by atoms with E-state index in [1.165, 1.54) is 10.9 Å². The number of aromatic nitrogens is 4. The number of aryl methyl sites for hydroxylation is 2. The van der Waals surface area contributed by atoms with Gasteiger partial charge in [0.25, 0.3) is 0 Å². The molecule has 0 amide bonds. The molecule has 5 heteroatoms. The van der Waals surface area contributed by atoms with Gasteiger partial charge < -0.3 is 9.88 Å². The van der Waals surface area contributed by atoms with E-state index in [1.807, 2.05) is 37.2 Å².